The molecule has 0 amide bonds. The highest BCUT2D eigenvalue weighted by Crippen LogP contribution is 2.28. The first-order chi connectivity index (χ1) is 16.9. The van der Waals surface area contributed by atoms with Crippen LogP contribution in [0.5, 0.6) is 5.75 Å². The molecule has 4 rings (SSSR count). The highest BCUT2D eigenvalue weighted by atomic mass is 16.5. The summed E-state index contributed by atoms with van der Waals surface area (Å²) in [6.07, 6.45) is 13.3. The molecule has 186 valence electrons. The van der Waals surface area contributed by atoms with E-state index >= 15 is 0 Å². The molecule has 1 heterocycles. The van der Waals surface area contributed by atoms with Gasteiger partial charge in [0, 0.05) is 18.6 Å². The van der Waals surface area contributed by atoms with Gasteiger partial charge in [0.05, 0.1) is 0 Å². The minimum absolute atomic E-state index is 0.321. The Labute approximate surface area is 214 Å². The molecule has 3 aromatic rings. The lowest BCUT2D eigenvalue weighted by atomic mass is 9.90. The Morgan fingerprint density at radius 3 is 1.63 bits per heavy atom. The molecule has 0 saturated carbocycles. The van der Waals surface area contributed by atoms with Gasteiger partial charge >= 0.3 is 0 Å². The Hall–Kier alpha value is -3.02. The van der Waals surface area contributed by atoms with Crippen molar-refractivity contribution in [2.24, 2.45) is 5.92 Å². The van der Waals surface area contributed by atoms with Crippen molar-refractivity contribution in [3.05, 3.63) is 91.0 Å². The molecule has 0 aliphatic carbocycles. The molecule has 0 radical (unpaired) electrons. The highest BCUT2D eigenvalue weighted by Gasteiger charge is 2.31. The van der Waals surface area contributed by atoms with Crippen molar-refractivity contribution in [2.75, 3.05) is 13.1 Å². The zero-order valence-corrected chi connectivity index (χ0v) is 22.1. The van der Waals surface area contributed by atoms with Crippen LogP contribution in [0.15, 0.2) is 91.0 Å². The van der Waals surface area contributed by atoms with Crippen LogP contribution in [0.4, 0.5) is 0 Å². The van der Waals surface area contributed by atoms with E-state index in [1.54, 1.807) is 0 Å². The van der Waals surface area contributed by atoms with Crippen LogP contribution in [0.25, 0.3) is 11.1 Å². The summed E-state index contributed by atoms with van der Waals surface area (Å²) in [5, 5.41) is 0. The summed E-state index contributed by atoms with van der Waals surface area (Å²) in [7, 11) is 0. The number of benzene rings is 3. The van der Waals surface area contributed by atoms with Crippen LogP contribution in [-0.2, 0) is 0 Å². The topological polar surface area (TPSA) is 12.5 Å². The predicted octanol–water partition coefficient (Wildman–Crippen LogP) is 8.35. The molecule has 1 aliphatic rings. The molecule has 1 fully saturated rings. The number of para-hydroxylation sites is 1. The van der Waals surface area contributed by atoms with Crippen LogP contribution in [0.1, 0.15) is 53.4 Å². The predicted molar refractivity (Wildman–Crippen MR) is 152 cm³/mol. The number of hydrogen-bond acceptors (Lipinski definition) is 2. The molecule has 2 heteroatoms. The Morgan fingerprint density at radius 2 is 1.20 bits per heavy atom. The number of ether oxygens (including phenoxy) is 1. The zero-order valence-electron chi connectivity index (χ0n) is 22.1. The Kier molecular flexibility index (Phi) is 12.2. The average molecular weight is 470 g/mol. The van der Waals surface area contributed by atoms with Crippen LogP contribution >= 0.6 is 0 Å². The number of hydrogen-bond donors (Lipinski definition) is 0. The summed E-state index contributed by atoms with van der Waals surface area (Å²) in [4.78, 5) is 2.65. The van der Waals surface area contributed by atoms with Gasteiger partial charge in [-0.15, -0.1) is 12.8 Å². The minimum atomic E-state index is 0.321. The molecular formula is C33H43NO. The van der Waals surface area contributed by atoms with Gasteiger partial charge in [-0.05, 0) is 68.7 Å². The quantitative estimate of drug-likeness (QED) is 0.322. The van der Waals surface area contributed by atoms with Crippen molar-refractivity contribution in [1.29, 1.82) is 0 Å². The lowest BCUT2D eigenvalue weighted by Crippen LogP contribution is -2.50. The molecule has 0 bridgehead atoms. The summed E-state index contributed by atoms with van der Waals surface area (Å²) in [5.41, 5.74) is 2.87. The third-order valence-electron chi connectivity index (χ3n) is 6.56. The van der Waals surface area contributed by atoms with Crippen LogP contribution in [-0.4, -0.2) is 29.6 Å². The summed E-state index contributed by atoms with van der Waals surface area (Å²) < 4.78 is 6.09. The third-order valence-corrected chi connectivity index (χ3v) is 6.56. The molecule has 1 aliphatic heterocycles. The first-order valence-electron chi connectivity index (χ1n) is 12.8. The van der Waals surface area contributed by atoms with Crippen molar-refractivity contribution >= 4 is 0 Å². The highest BCUT2D eigenvalue weighted by molar-refractivity contribution is 5.62. The first kappa shape index (κ1) is 28.2. The van der Waals surface area contributed by atoms with Gasteiger partial charge in [0.15, 0.2) is 0 Å². The van der Waals surface area contributed by atoms with E-state index in [-0.39, 0.29) is 0 Å². The van der Waals surface area contributed by atoms with Crippen molar-refractivity contribution in [3.63, 3.8) is 0 Å². The third kappa shape index (κ3) is 10.0. The van der Waals surface area contributed by atoms with Crippen LogP contribution < -0.4 is 4.74 Å². The number of nitrogens with zero attached hydrogens (tertiary/aromatic N) is 1. The van der Waals surface area contributed by atoms with Crippen LogP contribution in [0.3, 0.4) is 0 Å². The first-order valence-corrected chi connectivity index (χ1v) is 12.8. The lowest BCUT2D eigenvalue weighted by molar-refractivity contribution is 0.0343. The van der Waals surface area contributed by atoms with E-state index in [0.29, 0.717) is 11.6 Å². The standard InChI is InChI=1S/C19H31NO.C12H10.C2H2/c1-16(2)10-13-19(3,4)20-14-11-18(12-15-20)21-17-8-6-5-7-9-17;1-3-7-11(8-4-1)12-9-5-2-6-10-12;1-2/h5-9,16,18H,10-15H2,1-4H3;1-10H;1-2H. The van der Waals surface area contributed by atoms with Gasteiger partial charge < -0.3 is 4.74 Å². The van der Waals surface area contributed by atoms with Crippen molar-refractivity contribution in [3.8, 4) is 29.7 Å². The second kappa shape index (κ2) is 15.1. The molecule has 2 nitrogen and oxygen atoms in total. The van der Waals surface area contributed by atoms with E-state index in [0.717, 1.165) is 37.6 Å². The van der Waals surface area contributed by atoms with Crippen molar-refractivity contribution < 1.29 is 4.74 Å². The Morgan fingerprint density at radius 1 is 0.771 bits per heavy atom. The molecule has 0 spiro atoms. The lowest BCUT2D eigenvalue weighted by Gasteiger charge is -2.43. The maximum absolute atomic E-state index is 6.09. The SMILES string of the molecule is C#C.CC(C)CCC(C)(C)N1CCC(Oc2ccccc2)CC1.c1ccc(-c2ccccc2)cc1. The number of terminal acetylenes is 1. The molecule has 0 unspecified atom stereocenters. The fourth-order valence-corrected chi connectivity index (χ4v) is 4.33. The Bertz CT molecular complexity index is 902. The average Bonchev–Trinajstić information content (AvgIpc) is 2.91. The fourth-order valence-electron chi connectivity index (χ4n) is 4.33. The normalized spacial score (nSPS) is 14.3. The van der Waals surface area contributed by atoms with Crippen molar-refractivity contribution in [1.82, 2.24) is 4.90 Å². The van der Waals surface area contributed by atoms with Gasteiger partial charge in [-0.2, -0.15) is 0 Å². The number of rotatable bonds is 7. The Balaban J connectivity index is 0.000000260. The molecule has 1 saturated heterocycles. The van der Waals surface area contributed by atoms with Gasteiger partial charge in [0.2, 0.25) is 0 Å². The summed E-state index contributed by atoms with van der Waals surface area (Å²) in [6.45, 7) is 11.7. The summed E-state index contributed by atoms with van der Waals surface area (Å²) in [6, 6.07) is 31.0. The van der Waals surface area contributed by atoms with Gasteiger partial charge in [0.25, 0.3) is 0 Å². The van der Waals surface area contributed by atoms with Crippen LogP contribution in [0, 0.1) is 18.8 Å². The molecule has 0 atom stereocenters. The van der Waals surface area contributed by atoms with Gasteiger partial charge in [0.1, 0.15) is 11.9 Å². The summed E-state index contributed by atoms with van der Waals surface area (Å²) >= 11 is 0. The van der Waals surface area contributed by atoms with E-state index in [4.69, 9.17) is 4.74 Å². The van der Waals surface area contributed by atoms with E-state index in [1.165, 1.54) is 24.0 Å². The molecular weight excluding hydrogens is 426 g/mol. The summed E-state index contributed by atoms with van der Waals surface area (Å²) in [5.74, 6) is 1.80. The van der Waals surface area contributed by atoms with Gasteiger partial charge in [-0.1, -0.05) is 92.7 Å². The van der Waals surface area contributed by atoms with Gasteiger partial charge in [-0.25, -0.2) is 0 Å². The zero-order chi connectivity index (χ0) is 25.5. The monoisotopic (exact) mass is 469 g/mol. The van der Waals surface area contributed by atoms with Gasteiger partial charge in [-0.3, -0.25) is 4.90 Å². The number of piperidine rings is 1. The number of likely N-dealkylation sites (tertiary alicyclic amines) is 1. The second-order valence-corrected chi connectivity index (χ2v) is 10.1. The van der Waals surface area contributed by atoms with E-state index in [1.807, 2.05) is 30.3 Å². The fraction of sp³-hybridized carbons (Fsp3) is 0.394. The largest absolute Gasteiger partial charge is 0.490 e. The molecule has 35 heavy (non-hydrogen) atoms. The second-order valence-electron chi connectivity index (χ2n) is 10.1. The van der Waals surface area contributed by atoms with E-state index in [9.17, 15) is 0 Å². The minimum Gasteiger partial charge on any atom is -0.490 e. The van der Waals surface area contributed by atoms with E-state index < -0.39 is 0 Å². The van der Waals surface area contributed by atoms with Crippen molar-refractivity contribution in [2.45, 2.75) is 65.0 Å². The smallest absolute Gasteiger partial charge is 0.119 e. The molecule has 0 aromatic heterocycles. The maximum atomic E-state index is 6.09. The van der Waals surface area contributed by atoms with E-state index in [2.05, 4.69) is 106 Å². The maximum Gasteiger partial charge on any atom is 0.119 e. The van der Waals surface area contributed by atoms with Crippen LogP contribution in [0.2, 0.25) is 0 Å². The molecule has 3 aromatic carbocycles. The molecule has 0 N–H and O–H groups in total.